The summed E-state index contributed by atoms with van der Waals surface area (Å²) in [4.78, 5) is 6.34. The minimum atomic E-state index is -0.0565. The molecule has 1 atom stereocenters. The van der Waals surface area contributed by atoms with Crippen molar-refractivity contribution < 1.29 is 9.47 Å². The Bertz CT molecular complexity index is 781. The van der Waals surface area contributed by atoms with Crippen molar-refractivity contribution in [2.24, 2.45) is 4.99 Å². The minimum Gasteiger partial charge on any atom is -0.490 e. The third-order valence-corrected chi connectivity index (χ3v) is 3.75. The van der Waals surface area contributed by atoms with Gasteiger partial charge in [0.15, 0.2) is 11.5 Å². The van der Waals surface area contributed by atoms with Crippen LogP contribution in [0.1, 0.15) is 19.4 Å². The van der Waals surface area contributed by atoms with E-state index in [1.54, 1.807) is 6.34 Å². The van der Waals surface area contributed by atoms with Gasteiger partial charge in [0, 0.05) is 23.4 Å². The van der Waals surface area contributed by atoms with Gasteiger partial charge in [-0.05, 0) is 32.1 Å². The lowest BCUT2D eigenvalue weighted by atomic mass is 9.97. The molecule has 0 bridgehead atoms. The predicted molar refractivity (Wildman–Crippen MR) is 95.5 cm³/mol. The van der Waals surface area contributed by atoms with Gasteiger partial charge in [-0.3, -0.25) is 0 Å². The Labute approximate surface area is 142 Å². The van der Waals surface area contributed by atoms with Crippen molar-refractivity contribution in [1.82, 2.24) is 0 Å². The van der Waals surface area contributed by atoms with Gasteiger partial charge in [0.25, 0.3) is 0 Å². The van der Waals surface area contributed by atoms with Crippen molar-refractivity contribution in [2.45, 2.75) is 19.9 Å². The SMILES string of the molecule is C#Cc1ccc[c]c1N1C=NC=C2C=C(OCC)C(OCC)=CC21. The van der Waals surface area contributed by atoms with E-state index in [4.69, 9.17) is 15.9 Å². The first-order valence-corrected chi connectivity index (χ1v) is 7.97. The third-order valence-electron chi connectivity index (χ3n) is 3.75. The van der Waals surface area contributed by atoms with Gasteiger partial charge in [-0.1, -0.05) is 18.1 Å². The van der Waals surface area contributed by atoms with Crippen LogP contribution in [0.25, 0.3) is 0 Å². The molecular weight excluding hydrogens is 300 g/mol. The summed E-state index contributed by atoms with van der Waals surface area (Å²) in [7, 11) is 0. The van der Waals surface area contributed by atoms with Crippen molar-refractivity contribution in [3.8, 4) is 12.3 Å². The number of aliphatic imine (C=N–C) groups is 1. The largest absolute Gasteiger partial charge is 0.490 e. The number of fused-ring (bicyclic) bond motifs is 1. The summed E-state index contributed by atoms with van der Waals surface area (Å²) in [6.45, 7) is 5.06. The van der Waals surface area contributed by atoms with E-state index in [1.165, 1.54) is 0 Å². The van der Waals surface area contributed by atoms with E-state index in [-0.39, 0.29) is 6.04 Å². The van der Waals surface area contributed by atoms with Crippen LogP contribution in [0.2, 0.25) is 0 Å². The van der Waals surface area contributed by atoms with Crippen LogP contribution >= 0.6 is 0 Å². The lowest BCUT2D eigenvalue weighted by Gasteiger charge is -2.34. The molecule has 0 saturated carbocycles. The second kappa shape index (κ2) is 7.10. The summed E-state index contributed by atoms with van der Waals surface area (Å²) in [5.74, 6) is 4.17. The number of terminal acetylenes is 1. The van der Waals surface area contributed by atoms with Crippen molar-refractivity contribution in [1.29, 1.82) is 0 Å². The number of hydrogen-bond acceptors (Lipinski definition) is 4. The number of para-hydroxylation sites is 1. The highest BCUT2D eigenvalue weighted by atomic mass is 16.5. The minimum absolute atomic E-state index is 0.0565. The zero-order valence-corrected chi connectivity index (χ0v) is 13.8. The summed E-state index contributed by atoms with van der Waals surface area (Å²) in [6.07, 6.45) is 13.2. The summed E-state index contributed by atoms with van der Waals surface area (Å²) in [6, 6.07) is 8.79. The molecule has 1 aliphatic carbocycles. The van der Waals surface area contributed by atoms with Gasteiger partial charge < -0.3 is 14.4 Å². The molecule has 0 spiro atoms. The van der Waals surface area contributed by atoms with Crippen LogP contribution in [0.15, 0.2) is 58.6 Å². The molecule has 1 aromatic carbocycles. The average Bonchev–Trinajstić information content (AvgIpc) is 2.62. The molecule has 2 aliphatic rings. The third kappa shape index (κ3) is 2.93. The van der Waals surface area contributed by atoms with Gasteiger partial charge in [-0.2, -0.15) is 0 Å². The van der Waals surface area contributed by atoms with E-state index in [9.17, 15) is 0 Å². The molecule has 0 amide bonds. The molecule has 4 nitrogen and oxygen atoms in total. The molecule has 1 unspecified atom stereocenters. The second-order valence-electron chi connectivity index (χ2n) is 5.23. The van der Waals surface area contributed by atoms with Crippen LogP contribution in [-0.2, 0) is 9.47 Å². The second-order valence-corrected chi connectivity index (χ2v) is 5.23. The molecule has 0 N–H and O–H groups in total. The van der Waals surface area contributed by atoms with Crippen LogP contribution in [-0.4, -0.2) is 25.6 Å². The lowest BCUT2D eigenvalue weighted by molar-refractivity contribution is 0.162. The standard InChI is InChI=1S/C20H19N2O2/c1-4-15-9-7-8-10-17(15)22-14-21-13-16-11-19(23-5-2)20(24-6-3)12-18(16)22/h1,7-9,11-14,18H,5-6H2,2-3H3. The van der Waals surface area contributed by atoms with Crippen molar-refractivity contribution >= 4 is 12.0 Å². The molecule has 3 rings (SSSR count). The Morgan fingerprint density at radius 1 is 1.29 bits per heavy atom. The average molecular weight is 319 g/mol. The van der Waals surface area contributed by atoms with E-state index in [0.29, 0.717) is 13.2 Å². The smallest absolute Gasteiger partial charge is 0.161 e. The van der Waals surface area contributed by atoms with Gasteiger partial charge in [-0.25, -0.2) is 4.99 Å². The van der Waals surface area contributed by atoms with Gasteiger partial charge in [0.1, 0.15) is 0 Å². The molecule has 24 heavy (non-hydrogen) atoms. The summed E-state index contributed by atoms with van der Waals surface area (Å²) < 4.78 is 11.5. The van der Waals surface area contributed by atoms with Gasteiger partial charge in [0.2, 0.25) is 0 Å². The lowest BCUT2D eigenvalue weighted by Crippen LogP contribution is -2.38. The molecule has 0 fully saturated rings. The molecule has 4 heteroatoms. The van der Waals surface area contributed by atoms with Crippen LogP contribution in [0.5, 0.6) is 0 Å². The predicted octanol–water partition coefficient (Wildman–Crippen LogP) is 3.42. The van der Waals surface area contributed by atoms with Gasteiger partial charge >= 0.3 is 0 Å². The van der Waals surface area contributed by atoms with Gasteiger partial charge in [0.05, 0.1) is 31.3 Å². The van der Waals surface area contributed by atoms with Crippen LogP contribution < -0.4 is 4.90 Å². The van der Waals surface area contributed by atoms with Crippen LogP contribution in [0.3, 0.4) is 0 Å². The van der Waals surface area contributed by atoms with E-state index in [0.717, 1.165) is 28.3 Å². The normalized spacial score (nSPS) is 18.8. The van der Waals surface area contributed by atoms with Crippen molar-refractivity contribution in [3.63, 3.8) is 0 Å². The molecule has 1 aliphatic heterocycles. The Kier molecular flexibility index (Phi) is 4.72. The van der Waals surface area contributed by atoms with Crippen LogP contribution in [0, 0.1) is 18.4 Å². The fourth-order valence-corrected chi connectivity index (χ4v) is 2.75. The molecule has 0 saturated heterocycles. The monoisotopic (exact) mass is 319 g/mol. The maximum absolute atomic E-state index is 5.76. The fourth-order valence-electron chi connectivity index (χ4n) is 2.75. The molecule has 1 heterocycles. The number of nitrogens with zero attached hydrogens (tertiary/aromatic N) is 2. The van der Waals surface area contributed by atoms with Crippen LogP contribution in [0.4, 0.5) is 5.69 Å². The Morgan fingerprint density at radius 3 is 2.83 bits per heavy atom. The number of benzene rings is 1. The van der Waals surface area contributed by atoms with Crippen molar-refractivity contribution in [3.05, 3.63) is 65.3 Å². The number of rotatable bonds is 5. The number of hydrogen-bond donors (Lipinski definition) is 0. The Hall–Kier alpha value is -2.93. The summed E-state index contributed by atoms with van der Waals surface area (Å²) >= 11 is 0. The molecular formula is C20H19N2O2. The topological polar surface area (TPSA) is 34.1 Å². The number of ether oxygens (including phenoxy) is 2. The first kappa shape index (κ1) is 15.9. The fraction of sp³-hybridized carbons (Fsp3) is 0.250. The maximum Gasteiger partial charge on any atom is 0.161 e. The molecule has 121 valence electrons. The van der Waals surface area contributed by atoms with Gasteiger partial charge in [-0.15, -0.1) is 6.42 Å². The highest BCUT2D eigenvalue weighted by molar-refractivity contribution is 5.86. The summed E-state index contributed by atoms with van der Waals surface area (Å²) in [5, 5.41) is 0. The quantitative estimate of drug-likeness (QED) is 0.780. The highest BCUT2D eigenvalue weighted by Crippen LogP contribution is 2.32. The Morgan fingerprint density at radius 2 is 2.08 bits per heavy atom. The number of anilines is 1. The Balaban J connectivity index is 2.01. The molecule has 1 aromatic rings. The van der Waals surface area contributed by atoms with E-state index >= 15 is 0 Å². The molecule has 1 radical (unpaired) electrons. The highest BCUT2D eigenvalue weighted by Gasteiger charge is 2.29. The van der Waals surface area contributed by atoms with Crippen molar-refractivity contribution in [2.75, 3.05) is 18.1 Å². The maximum atomic E-state index is 5.76. The zero-order valence-electron chi connectivity index (χ0n) is 13.8. The van der Waals surface area contributed by atoms with E-state index in [1.807, 2.05) is 55.3 Å². The zero-order chi connectivity index (χ0) is 16.9. The summed E-state index contributed by atoms with van der Waals surface area (Å²) in [5.41, 5.74) is 2.61. The van der Waals surface area contributed by atoms with E-state index < -0.39 is 0 Å². The first-order valence-electron chi connectivity index (χ1n) is 7.97. The first-order chi connectivity index (χ1) is 11.8. The van der Waals surface area contributed by atoms with E-state index in [2.05, 4.69) is 17.0 Å². The molecule has 0 aromatic heterocycles.